The second-order valence-corrected chi connectivity index (χ2v) is 12.2. The number of rotatable bonds is 2. The summed E-state index contributed by atoms with van der Waals surface area (Å²) in [4.78, 5) is 41.0. The van der Waals surface area contributed by atoms with Gasteiger partial charge in [-0.3, -0.25) is 14.4 Å². The van der Waals surface area contributed by atoms with Gasteiger partial charge in [-0.1, -0.05) is 20.4 Å². The summed E-state index contributed by atoms with van der Waals surface area (Å²) in [5.41, 5.74) is -2.94. The molecule has 2 spiro atoms. The van der Waals surface area contributed by atoms with Crippen molar-refractivity contribution in [3.63, 3.8) is 0 Å². The highest BCUT2D eigenvalue weighted by atomic mass is 16.6. The maximum absolute atomic E-state index is 14.0. The van der Waals surface area contributed by atoms with Crippen LogP contribution in [-0.4, -0.2) is 65.4 Å². The van der Waals surface area contributed by atoms with Crippen LogP contribution in [0, 0.1) is 39.9 Å². The number of ketones is 2. The summed E-state index contributed by atoms with van der Waals surface area (Å²) in [6.07, 6.45) is 0.844. The Morgan fingerprint density at radius 3 is 2.59 bits per heavy atom. The molecule has 4 bridgehead atoms. The first-order valence-electron chi connectivity index (χ1n) is 12.8. The van der Waals surface area contributed by atoms with E-state index in [1.165, 1.54) is 0 Å². The van der Waals surface area contributed by atoms with Gasteiger partial charge in [0.1, 0.15) is 23.4 Å². The third kappa shape index (κ3) is 2.36. The fraction of sp³-hybridized carbons (Fsp3) is 0.808. The minimum absolute atomic E-state index is 0.0193. The molecule has 7 aliphatic rings. The zero-order chi connectivity index (χ0) is 24.3. The van der Waals surface area contributed by atoms with E-state index in [2.05, 4.69) is 11.9 Å². The third-order valence-electron chi connectivity index (χ3n) is 10.5. The Morgan fingerprint density at radius 2 is 1.88 bits per heavy atom. The average Bonchev–Trinajstić information content (AvgIpc) is 2.93. The van der Waals surface area contributed by atoms with Crippen molar-refractivity contribution in [2.24, 2.45) is 39.9 Å². The van der Waals surface area contributed by atoms with Crippen LogP contribution >= 0.6 is 0 Å². The molecule has 8 atom stereocenters. The molecule has 7 fully saturated rings. The molecule has 0 radical (unpaired) electrons. The maximum atomic E-state index is 14.0. The third-order valence-corrected chi connectivity index (χ3v) is 10.5. The molecule has 3 aliphatic heterocycles. The van der Waals surface area contributed by atoms with E-state index in [0.717, 1.165) is 0 Å². The van der Waals surface area contributed by atoms with Gasteiger partial charge in [-0.05, 0) is 62.1 Å². The van der Waals surface area contributed by atoms with Crippen LogP contribution in [-0.2, 0) is 23.9 Å². The number of carbonyl (C=O) groups excluding carboxylic acids is 3. The van der Waals surface area contributed by atoms with Gasteiger partial charge in [0.15, 0.2) is 5.78 Å². The Bertz CT molecular complexity index is 986. The number of fused-ring (bicyclic) bond motifs is 2. The van der Waals surface area contributed by atoms with Crippen LogP contribution in [0.25, 0.3) is 0 Å². The quantitative estimate of drug-likeness (QED) is 0.403. The fourth-order valence-corrected chi connectivity index (χ4v) is 9.04. The zero-order valence-corrected chi connectivity index (χ0v) is 20.0. The lowest BCUT2D eigenvalue weighted by Crippen LogP contribution is -2.85. The molecule has 34 heavy (non-hydrogen) atoms. The first kappa shape index (κ1) is 22.8. The summed E-state index contributed by atoms with van der Waals surface area (Å²) in [6, 6.07) is 0. The molecule has 0 aromatic heterocycles. The minimum Gasteiger partial charge on any atom is -0.460 e. The van der Waals surface area contributed by atoms with Crippen molar-refractivity contribution in [1.29, 1.82) is 0 Å². The molecule has 4 aliphatic carbocycles. The molecule has 3 heterocycles. The topological polar surface area (TPSA) is 122 Å². The van der Waals surface area contributed by atoms with E-state index in [1.54, 1.807) is 0 Å². The van der Waals surface area contributed by atoms with Crippen molar-refractivity contribution in [2.45, 2.75) is 70.4 Å². The van der Waals surface area contributed by atoms with Crippen molar-refractivity contribution in [2.75, 3.05) is 19.7 Å². The summed E-state index contributed by atoms with van der Waals surface area (Å²) in [7, 11) is 0. The van der Waals surface area contributed by atoms with Crippen LogP contribution in [0.15, 0.2) is 12.2 Å². The van der Waals surface area contributed by atoms with Crippen molar-refractivity contribution < 1.29 is 34.1 Å². The van der Waals surface area contributed by atoms with Gasteiger partial charge in [-0.15, -0.1) is 0 Å². The summed E-state index contributed by atoms with van der Waals surface area (Å²) in [6.45, 7) is 9.47. The summed E-state index contributed by atoms with van der Waals surface area (Å²) in [5, 5.41) is 27.1. The van der Waals surface area contributed by atoms with Crippen LogP contribution in [0.5, 0.6) is 0 Å². The first-order chi connectivity index (χ1) is 16.0. The number of ether oxygens (including phenoxy) is 2. The van der Waals surface area contributed by atoms with E-state index in [9.17, 15) is 24.6 Å². The van der Waals surface area contributed by atoms with Gasteiger partial charge in [0.2, 0.25) is 5.79 Å². The van der Waals surface area contributed by atoms with E-state index in [0.29, 0.717) is 57.2 Å². The van der Waals surface area contributed by atoms with Gasteiger partial charge in [0.05, 0.1) is 17.9 Å². The molecule has 4 saturated carbocycles. The standard InChI is InChI=1S/C26H35NO7/c1-13-15-4-5-16-24-12-33-26(32,20(30)18(24)23(2,3)9-6-17(24)28)25(16,19(13)29)21(15)34-22(31)14-7-10-27-11-8-14/h14-16,18,20-21,27,30,32H,1,4-12H2,2-3H3/t15-,16-,18+,20-,21+,24+,25-,26+/m0/s1. The number of hydrogen-bond donors (Lipinski definition) is 3. The Morgan fingerprint density at radius 1 is 1.18 bits per heavy atom. The predicted octanol–water partition coefficient (Wildman–Crippen LogP) is 1.13. The molecule has 8 heteroatoms. The Hall–Kier alpha value is -1.61. The van der Waals surface area contributed by atoms with Gasteiger partial charge in [-0.2, -0.15) is 0 Å². The molecule has 7 rings (SSSR count). The molecule has 8 nitrogen and oxygen atoms in total. The summed E-state index contributed by atoms with van der Waals surface area (Å²) < 4.78 is 12.1. The second kappa shape index (κ2) is 6.99. The second-order valence-electron chi connectivity index (χ2n) is 12.2. The SMILES string of the molecule is C=C1C(=O)[C@]23[C@H](OC(=O)C4CCNCC4)[C@H]1CC[C@H]2[C@@]12CO[C@]3(O)[C@@H](O)[C@@H]1C(C)(C)CCC2=O. The van der Waals surface area contributed by atoms with Crippen LogP contribution < -0.4 is 5.32 Å². The van der Waals surface area contributed by atoms with E-state index >= 15 is 0 Å². The van der Waals surface area contributed by atoms with Gasteiger partial charge in [0, 0.05) is 18.3 Å². The molecule has 0 amide bonds. The van der Waals surface area contributed by atoms with Gasteiger partial charge >= 0.3 is 5.97 Å². The number of nitrogens with one attached hydrogen (secondary N) is 1. The highest BCUT2D eigenvalue weighted by molar-refractivity contribution is 6.06. The predicted molar refractivity (Wildman–Crippen MR) is 119 cm³/mol. The van der Waals surface area contributed by atoms with Gasteiger partial charge in [-0.25, -0.2) is 0 Å². The number of aliphatic hydroxyl groups is 2. The molecular formula is C26H35NO7. The number of piperidine rings is 1. The highest BCUT2D eigenvalue weighted by Crippen LogP contribution is 2.76. The van der Waals surface area contributed by atoms with Crippen LogP contribution in [0.3, 0.4) is 0 Å². The normalized spacial score (nSPS) is 49.5. The van der Waals surface area contributed by atoms with E-state index in [1.807, 2.05) is 13.8 Å². The lowest BCUT2D eigenvalue weighted by atomic mass is 9.36. The smallest absolute Gasteiger partial charge is 0.309 e. The van der Waals surface area contributed by atoms with E-state index in [-0.39, 0.29) is 24.3 Å². The molecule has 186 valence electrons. The van der Waals surface area contributed by atoms with Crippen LogP contribution in [0.4, 0.5) is 0 Å². The highest BCUT2D eigenvalue weighted by Gasteiger charge is 2.88. The fourth-order valence-electron chi connectivity index (χ4n) is 9.04. The van der Waals surface area contributed by atoms with Crippen molar-refractivity contribution in [3.05, 3.63) is 12.2 Å². The average molecular weight is 474 g/mol. The molecule has 3 N–H and O–H groups in total. The molecule has 0 aromatic carbocycles. The molecule has 3 saturated heterocycles. The van der Waals surface area contributed by atoms with Crippen LogP contribution in [0.2, 0.25) is 0 Å². The van der Waals surface area contributed by atoms with E-state index in [4.69, 9.17) is 9.47 Å². The van der Waals surface area contributed by atoms with Crippen molar-refractivity contribution in [3.8, 4) is 0 Å². The number of esters is 1. The number of hydrogen-bond acceptors (Lipinski definition) is 8. The maximum Gasteiger partial charge on any atom is 0.309 e. The van der Waals surface area contributed by atoms with Crippen molar-refractivity contribution >= 4 is 17.5 Å². The monoisotopic (exact) mass is 473 g/mol. The Labute approximate surface area is 199 Å². The number of aliphatic hydroxyl groups excluding tert-OH is 1. The summed E-state index contributed by atoms with van der Waals surface area (Å²) >= 11 is 0. The van der Waals surface area contributed by atoms with Gasteiger partial charge in [0.25, 0.3) is 0 Å². The minimum atomic E-state index is -2.24. The molecule has 0 aromatic rings. The van der Waals surface area contributed by atoms with Gasteiger partial charge < -0.3 is 25.0 Å². The molecular weight excluding hydrogens is 438 g/mol. The largest absolute Gasteiger partial charge is 0.460 e. The molecule has 0 unspecified atom stereocenters. The zero-order valence-electron chi connectivity index (χ0n) is 20.0. The summed E-state index contributed by atoms with van der Waals surface area (Å²) in [5.74, 6) is -4.93. The van der Waals surface area contributed by atoms with Crippen molar-refractivity contribution in [1.82, 2.24) is 5.32 Å². The lowest BCUT2D eigenvalue weighted by Gasteiger charge is -2.73. The Kier molecular flexibility index (Phi) is 4.69. The first-order valence-corrected chi connectivity index (χ1v) is 12.8. The lowest BCUT2D eigenvalue weighted by molar-refractivity contribution is -0.437. The Balaban J connectivity index is 1.51. The number of carbonyl (C=O) groups is 3. The van der Waals surface area contributed by atoms with E-state index < -0.39 is 57.8 Å². The van der Waals surface area contributed by atoms with Crippen LogP contribution in [0.1, 0.15) is 52.4 Å². The number of Topliss-reactive ketones (excluding diaryl/α,β-unsaturated/α-hetero) is 2.